The number of nitrogens with one attached hydrogen (secondary N) is 1. The molecule has 3 aliphatic rings. The molecule has 6 nitrogen and oxygen atoms in total. The standard InChI is InChI=1S/C30H33N3O3S/c1-19-6-8-21(9-7-19)28-25-16-24(36-17-27-32-26(18-37-27)29(34)31-23-11-12-23)13-10-20(25)14-15-33(28)30(35)22-4-2-3-5-22/h6-10,13,16,18,22-23,28H,2-5,11-12,14-15,17H2,1H3,(H,31,34). The van der Waals surface area contributed by atoms with Crippen molar-refractivity contribution in [3.8, 4) is 5.75 Å². The average molecular weight is 516 g/mol. The number of carbonyl (C=O) groups excluding carboxylic acids is 2. The van der Waals surface area contributed by atoms with Crippen molar-refractivity contribution in [3.63, 3.8) is 0 Å². The quantitative estimate of drug-likeness (QED) is 0.446. The van der Waals surface area contributed by atoms with Crippen molar-refractivity contribution in [1.82, 2.24) is 15.2 Å². The van der Waals surface area contributed by atoms with Crippen LogP contribution in [0.3, 0.4) is 0 Å². The number of aromatic nitrogens is 1. The molecule has 37 heavy (non-hydrogen) atoms. The van der Waals surface area contributed by atoms with E-state index < -0.39 is 0 Å². The van der Waals surface area contributed by atoms with Crippen molar-refractivity contribution < 1.29 is 14.3 Å². The van der Waals surface area contributed by atoms with Gasteiger partial charge in [-0.05, 0) is 67.9 Å². The van der Waals surface area contributed by atoms with Gasteiger partial charge in [-0.3, -0.25) is 9.59 Å². The Bertz CT molecular complexity index is 1290. The molecule has 2 saturated carbocycles. The summed E-state index contributed by atoms with van der Waals surface area (Å²) >= 11 is 1.44. The van der Waals surface area contributed by atoms with Gasteiger partial charge in [0.2, 0.25) is 5.91 Å². The van der Waals surface area contributed by atoms with Gasteiger partial charge in [0.15, 0.2) is 0 Å². The van der Waals surface area contributed by atoms with E-state index in [0.717, 1.165) is 73.4 Å². The molecule has 1 N–H and O–H groups in total. The molecule has 2 amide bonds. The summed E-state index contributed by atoms with van der Waals surface area (Å²) in [6.07, 6.45) is 7.25. The molecule has 3 aromatic rings. The Labute approximate surface area is 222 Å². The maximum Gasteiger partial charge on any atom is 0.270 e. The zero-order chi connectivity index (χ0) is 25.4. The topological polar surface area (TPSA) is 71.5 Å². The Morgan fingerprint density at radius 3 is 2.62 bits per heavy atom. The molecule has 0 bridgehead atoms. The number of amides is 2. The lowest BCUT2D eigenvalue weighted by Crippen LogP contribution is -2.43. The number of thiazole rings is 1. The van der Waals surface area contributed by atoms with Gasteiger partial charge in [-0.25, -0.2) is 4.98 Å². The van der Waals surface area contributed by atoms with E-state index in [4.69, 9.17) is 4.74 Å². The molecule has 0 saturated heterocycles. The third kappa shape index (κ3) is 5.28. The van der Waals surface area contributed by atoms with E-state index >= 15 is 0 Å². The number of hydrogen-bond donors (Lipinski definition) is 1. The number of aryl methyl sites for hydroxylation is 1. The number of hydrogen-bond acceptors (Lipinski definition) is 5. The van der Waals surface area contributed by atoms with E-state index in [0.29, 0.717) is 24.2 Å². The van der Waals surface area contributed by atoms with Crippen LogP contribution in [-0.2, 0) is 17.8 Å². The van der Waals surface area contributed by atoms with Crippen LogP contribution in [0.2, 0.25) is 0 Å². The number of ether oxygens (including phenoxy) is 1. The number of benzene rings is 2. The lowest BCUT2D eigenvalue weighted by atomic mass is 9.86. The first-order valence-corrected chi connectivity index (χ1v) is 14.3. The zero-order valence-electron chi connectivity index (χ0n) is 21.2. The molecule has 2 fully saturated rings. The van der Waals surface area contributed by atoms with Crippen molar-refractivity contribution in [1.29, 1.82) is 0 Å². The van der Waals surface area contributed by atoms with Crippen LogP contribution >= 0.6 is 11.3 Å². The first-order valence-electron chi connectivity index (χ1n) is 13.4. The van der Waals surface area contributed by atoms with Crippen molar-refractivity contribution in [2.75, 3.05) is 6.54 Å². The van der Waals surface area contributed by atoms with Crippen molar-refractivity contribution in [2.45, 2.75) is 70.6 Å². The normalized spacial score (nSPS) is 19.5. The van der Waals surface area contributed by atoms with Gasteiger partial charge in [0.25, 0.3) is 5.91 Å². The molecule has 1 unspecified atom stereocenters. The molecule has 2 aliphatic carbocycles. The number of fused-ring (bicyclic) bond motifs is 1. The molecule has 1 aliphatic heterocycles. The maximum atomic E-state index is 13.6. The third-order valence-corrected chi connectivity index (χ3v) is 8.61. The van der Waals surface area contributed by atoms with E-state index in [1.165, 1.54) is 22.5 Å². The van der Waals surface area contributed by atoms with Crippen LogP contribution in [-0.4, -0.2) is 34.3 Å². The first-order chi connectivity index (χ1) is 18.0. The van der Waals surface area contributed by atoms with Crippen LogP contribution < -0.4 is 10.1 Å². The molecule has 1 aromatic heterocycles. The maximum absolute atomic E-state index is 13.6. The lowest BCUT2D eigenvalue weighted by molar-refractivity contribution is -0.137. The molecule has 192 valence electrons. The van der Waals surface area contributed by atoms with E-state index in [2.05, 4.69) is 58.5 Å². The van der Waals surface area contributed by atoms with Gasteiger partial charge < -0.3 is 15.0 Å². The average Bonchev–Trinajstić information content (AvgIpc) is 3.35. The Kier molecular flexibility index (Phi) is 6.72. The predicted octanol–water partition coefficient (Wildman–Crippen LogP) is 5.59. The van der Waals surface area contributed by atoms with Crippen LogP contribution in [0.25, 0.3) is 0 Å². The zero-order valence-corrected chi connectivity index (χ0v) is 22.1. The molecule has 0 spiro atoms. The Balaban J connectivity index is 1.24. The van der Waals surface area contributed by atoms with E-state index in [1.807, 2.05) is 6.07 Å². The second-order valence-corrected chi connectivity index (χ2v) is 11.5. The van der Waals surface area contributed by atoms with E-state index in [-0.39, 0.29) is 17.9 Å². The minimum Gasteiger partial charge on any atom is -0.486 e. The largest absolute Gasteiger partial charge is 0.486 e. The Morgan fingerprint density at radius 1 is 1.08 bits per heavy atom. The minimum absolute atomic E-state index is 0.105. The fraction of sp³-hybridized carbons (Fsp3) is 0.433. The first kappa shape index (κ1) is 24.2. The van der Waals surface area contributed by atoms with Crippen LogP contribution in [0.15, 0.2) is 47.8 Å². The third-order valence-electron chi connectivity index (χ3n) is 7.79. The van der Waals surface area contributed by atoms with Gasteiger partial charge in [-0.1, -0.05) is 48.7 Å². The van der Waals surface area contributed by atoms with Gasteiger partial charge in [0.05, 0.1) is 6.04 Å². The van der Waals surface area contributed by atoms with Gasteiger partial charge in [-0.2, -0.15) is 0 Å². The SMILES string of the molecule is Cc1ccc(C2c3cc(OCc4nc(C(=O)NC5CC5)cs4)ccc3CCN2C(=O)C2CCCC2)cc1. The monoisotopic (exact) mass is 515 g/mol. The fourth-order valence-corrected chi connectivity index (χ4v) is 6.23. The Hall–Kier alpha value is -3.19. The van der Waals surface area contributed by atoms with Crippen LogP contribution in [0, 0.1) is 12.8 Å². The summed E-state index contributed by atoms with van der Waals surface area (Å²) in [7, 11) is 0. The van der Waals surface area contributed by atoms with Crippen LogP contribution in [0.4, 0.5) is 0 Å². The molecule has 0 radical (unpaired) electrons. The van der Waals surface area contributed by atoms with Crippen molar-refractivity contribution in [2.24, 2.45) is 5.92 Å². The van der Waals surface area contributed by atoms with Crippen LogP contribution in [0.1, 0.15) is 82.3 Å². The molecule has 2 heterocycles. The number of carbonyl (C=O) groups is 2. The predicted molar refractivity (Wildman–Crippen MR) is 144 cm³/mol. The second kappa shape index (κ2) is 10.3. The summed E-state index contributed by atoms with van der Waals surface area (Å²) in [5.41, 5.74) is 5.21. The van der Waals surface area contributed by atoms with E-state index in [9.17, 15) is 9.59 Å². The lowest BCUT2D eigenvalue weighted by Gasteiger charge is -2.39. The molecule has 1 atom stereocenters. The number of rotatable bonds is 7. The molecule has 2 aromatic carbocycles. The smallest absolute Gasteiger partial charge is 0.270 e. The highest BCUT2D eigenvalue weighted by Gasteiger charge is 2.36. The summed E-state index contributed by atoms with van der Waals surface area (Å²) in [6.45, 7) is 3.14. The minimum atomic E-state index is -0.112. The van der Waals surface area contributed by atoms with Gasteiger partial charge >= 0.3 is 0 Å². The van der Waals surface area contributed by atoms with Crippen LogP contribution in [0.5, 0.6) is 5.75 Å². The summed E-state index contributed by atoms with van der Waals surface area (Å²) < 4.78 is 6.16. The fourth-order valence-electron chi connectivity index (χ4n) is 5.55. The summed E-state index contributed by atoms with van der Waals surface area (Å²) in [5, 5.41) is 5.55. The summed E-state index contributed by atoms with van der Waals surface area (Å²) in [5.74, 6) is 1.09. The highest BCUT2D eigenvalue weighted by molar-refractivity contribution is 7.09. The van der Waals surface area contributed by atoms with Gasteiger partial charge in [0, 0.05) is 23.9 Å². The summed E-state index contributed by atoms with van der Waals surface area (Å²) in [4.78, 5) is 32.5. The van der Waals surface area contributed by atoms with Crippen molar-refractivity contribution >= 4 is 23.2 Å². The van der Waals surface area contributed by atoms with Crippen molar-refractivity contribution in [3.05, 3.63) is 80.8 Å². The molecule has 7 heteroatoms. The Morgan fingerprint density at radius 2 is 1.86 bits per heavy atom. The van der Waals surface area contributed by atoms with E-state index in [1.54, 1.807) is 5.38 Å². The number of nitrogens with zero attached hydrogens (tertiary/aromatic N) is 2. The highest BCUT2D eigenvalue weighted by atomic mass is 32.1. The molecular weight excluding hydrogens is 482 g/mol. The van der Waals surface area contributed by atoms with Gasteiger partial charge in [-0.15, -0.1) is 11.3 Å². The second-order valence-electron chi connectivity index (χ2n) is 10.6. The van der Waals surface area contributed by atoms with Gasteiger partial charge in [0.1, 0.15) is 23.1 Å². The highest BCUT2D eigenvalue weighted by Crippen LogP contribution is 2.40. The molecular formula is C30H33N3O3S. The summed E-state index contributed by atoms with van der Waals surface area (Å²) in [6, 6.07) is 15.0. The molecule has 6 rings (SSSR count).